The second-order valence-electron chi connectivity index (χ2n) is 2.64. The molecule has 0 saturated carbocycles. The smallest absolute Gasteiger partial charge is 0.307 e. The second-order valence-corrected chi connectivity index (χ2v) is 3.53. The fourth-order valence-electron chi connectivity index (χ4n) is 0.998. The fraction of sp³-hybridized carbons (Fsp3) is 0.111. The maximum Gasteiger partial charge on any atom is 0.307 e. The number of carbonyl (C=O) groups is 1. The van der Waals surface area contributed by atoms with Crippen LogP contribution in [0.5, 0.6) is 0 Å². The van der Waals surface area contributed by atoms with Gasteiger partial charge in [-0.05, 0) is 17.7 Å². The van der Waals surface area contributed by atoms with Crippen molar-refractivity contribution in [3.8, 4) is 6.07 Å². The van der Waals surface area contributed by atoms with E-state index in [0.717, 1.165) is 0 Å². The number of nitriles is 1. The van der Waals surface area contributed by atoms with Crippen molar-refractivity contribution in [2.24, 2.45) is 0 Å². The summed E-state index contributed by atoms with van der Waals surface area (Å²) in [5, 5.41) is 17.5. The SMILES string of the molecule is N#Cc1cc(CC(=O)O)c(S)cc1Cl. The molecular weight excluding hydrogens is 222 g/mol. The fourth-order valence-corrected chi connectivity index (χ4v) is 1.55. The number of hydrogen-bond donors (Lipinski definition) is 2. The number of hydrogen-bond acceptors (Lipinski definition) is 3. The highest BCUT2D eigenvalue weighted by Gasteiger charge is 2.08. The topological polar surface area (TPSA) is 61.1 Å². The van der Waals surface area contributed by atoms with Crippen LogP contribution in [0.15, 0.2) is 17.0 Å². The molecule has 0 heterocycles. The summed E-state index contributed by atoms with van der Waals surface area (Å²) >= 11 is 9.79. The van der Waals surface area contributed by atoms with Crippen LogP contribution in [-0.4, -0.2) is 11.1 Å². The predicted octanol–water partition coefficient (Wildman–Crippen LogP) is 2.13. The predicted molar refractivity (Wildman–Crippen MR) is 54.8 cm³/mol. The summed E-state index contributed by atoms with van der Waals surface area (Å²) in [6.45, 7) is 0. The van der Waals surface area contributed by atoms with Crippen LogP contribution < -0.4 is 0 Å². The highest BCUT2D eigenvalue weighted by atomic mass is 35.5. The maximum atomic E-state index is 10.5. The van der Waals surface area contributed by atoms with Gasteiger partial charge in [-0.3, -0.25) is 4.79 Å². The normalized spacial score (nSPS) is 9.50. The van der Waals surface area contributed by atoms with Crippen molar-refractivity contribution < 1.29 is 9.90 Å². The average Bonchev–Trinajstić information content (AvgIpc) is 2.09. The van der Waals surface area contributed by atoms with Crippen molar-refractivity contribution in [2.75, 3.05) is 0 Å². The number of benzene rings is 1. The van der Waals surface area contributed by atoms with E-state index in [4.69, 9.17) is 22.0 Å². The zero-order valence-corrected chi connectivity index (χ0v) is 8.64. The molecule has 1 N–H and O–H groups in total. The van der Waals surface area contributed by atoms with E-state index in [2.05, 4.69) is 12.6 Å². The average molecular weight is 228 g/mol. The molecule has 0 radical (unpaired) electrons. The third-order valence-corrected chi connectivity index (χ3v) is 2.36. The van der Waals surface area contributed by atoms with Crippen molar-refractivity contribution in [1.29, 1.82) is 5.26 Å². The molecule has 0 spiro atoms. The third kappa shape index (κ3) is 2.41. The Morgan fingerprint density at radius 3 is 2.79 bits per heavy atom. The number of nitrogens with zero attached hydrogens (tertiary/aromatic N) is 1. The van der Waals surface area contributed by atoms with Crippen LogP contribution in [0.4, 0.5) is 0 Å². The van der Waals surface area contributed by atoms with Crippen LogP contribution in [0.3, 0.4) is 0 Å². The summed E-state index contributed by atoms with van der Waals surface area (Å²) in [7, 11) is 0. The van der Waals surface area contributed by atoms with Gasteiger partial charge in [0.1, 0.15) is 6.07 Å². The van der Waals surface area contributed by atoms with Crippen LogP contribution in [0.25, 0.3) is 0 Å². The first-order valence-corrected chi connectivity index (χ1v) is 4.50. The summed E-state index contributed by atoms with van der Waals surface area (Å²) in [6, 6.07) is 4.79. The van der Waals surface area contributed by atoms with Crippen LogP contribution in [0.2, 0.25) is 5.02 Å². The molecule has 0 aromatic heterocycles. The van der Waals surface area contributed by atoms with Crippen LogP contribution >= 0.6 is 24.2 Å². The molecule has 5 heteroatoms. The number of thiol groups is 1. The van der Waals surface area contributed by atoms with Crippen LogP contribution in [0.1, 0.15) is 11.1 Å². The van der Waals surface area contributed by atoms with Crippen molar-refractivity contribution >= 4 is 30.2 Å². The summed E-state index contributed by atoms with van der Waals surface area (Å²) < 4.78 is 0. The van der Waals surface area contributed by atoms with E-state index >= 15 is 0 Å². The summed E-state index contributed by atoms with van der Waals surface area (Å²) in [6.07, 6.45) is -0.162. The third-order valence-electron chi connectivity index (χ3n) is 1.63. The quantitative estimate of drug-likeness (QED) is 0.761. The molecule has 0 amide bonds. The van der Waals surface area contributed by atoms with Gasteiger partial charge in [0.15, 0.2) is 0 Å². The zero-order chi connectivity index (χ0) is 10.7. The highest BCUT2D eigenvalue weighted by Crippen LogP contribution is 2.24. The molecule has 0 aliphatic rings. The molecule has 72 valence electrons. The lowest BCUT2D eigenvalue weighted by Crippen LogP contribution is -2.01. The minimum absolute atomic E-state index is 0.162. The van der Waals surface area contributed by atoms with Crippen LogP contribution in [-0.2, 0) is 11.2 Å². The summed E-state index contributed by atoms with van der Waals surface area (Å²) in [5.74, 6) is -0.966. The standard InChI is InChI=1S/C9H6ClNO2S/c10-7-3-8(14)5(2-9(12)13)1-6(7)4-11/h1,3,14H,2H2,(H,12,13). The molecule has 0 fully saturated rings. The summed E-state index contributed by atoms with van der Waals surface area (Å²) in [4.78, 5) is 10.9. The van der Waals surface area contributed by atoms with Crippen molar-refractivity contribution in [3.05, 3.63) is 28.3 Å². The molecule has 0 atom stereocenters. The Morgan fingerprint density at radius 2 is 2.29 bits per heavy atom. The number of aliphatic carboxylic acids is 1. The molecule has 0 aliphatic carbocycles. The lowest BCUT2D eigenvalue weighted by atomic mass is 10.1. The molecule has 0 unspecified atom stereocenters. The first-order valence-electron chi connectivity index (χ1n) is 3.68. The Bertz CT molecular complexity index is 426. The Morgan fingerprint density at radius 1 is 1.64 bits per heavy atom. The van der Waals surface area contributed by atoms with Crippen LogP contribution in [0, 0.1) is 11.3 Å². The molecule has 14 heavy (non-hydrogen) atoms. The van der Waals surface area contributed by atoms with Gasteiger partial charge in [-0.2, -0.15) is 5.26 Å². The van der Waals surface area contributed by atoms with Gasteiger partial charge in [-0.25, -0.2) is 0 Å². The van der Waals surface area contributed by atoms with E-state index in [1.54, 1.807) is 0 Å². The molecule has 3 nitrogen and oxygen atoms in total. The van der Waals surface area contributed by atoms with Crippen molar-refractivity contribution in [3.63, 3.8) is 0 Å². The number of carboxylic acid groups (broad SMARTS) is 1. The van der Waals surface area contributed by atoms with Gasteiger partial charge in [0.25, 0.3) is 0 Å². The van der Waals surface area contributed by atoms with E-state index < -0.39 is 5.97 Å². The first kappa shape index (κ1) is 10.9. The van der Waals surface area contributed by atoms with Gasteiger partial charge < -0.3 is 5.11 Å². The minimum atomic E-state index is -0.966. The number of rotatable bonds is 2. The van der Waals surface area contributed by atoms with Gasteiger partial charge in [0, 0.05) is 4.90 Å². The molecule has 1 aromatic carbocycles. The van der Waals surface area contributed by atoms with E-state index in [1.165, 1.54) is 12.1 Å². The van der Waals surface area contributed by atoms with E-state index in [0.29, 0.717) is 10.5 Å². The number of halogens is 1. The lowest BCUT2D eigenvalue weighted by molar-refractivity contribution is -0.136. The molecule has 0 saturated heterocycles. The van der Waals surface area contributed by atoms with Gasteiger partial charge >= 0.3 is 5.97 Å². The lowest BCUT2D eigenvalue weighted by Gasteiger charge is -2.03. The van der Waals surface area contributed by atoms with E-state index in [1.807, 2.05) is 6.07 Å². The maximum absolute atomic E-state index is 10.5. The van der Waals surface area contributed by atoms with Crippen molar-refractivity contribution in [1.82, 2.24) is 0 Å². The Balaban J connectivity index is 3.19. The van der Waals surface area contributed by atoms with Gasteiger partial charge in [0.2, 0.25) is 0 Å². The largest absolute Gasteiger partial charge is 0.481 e. The highest BCUT2D eigenvalue weighted by molar-refractivity contribution is 7.80. The van der Waals surface area contributed by atoms with E-state index in [-0.39, 0.29) is 17.0 Å². The summed E-state index contributed by atoms with van der Waals surface area (Å²) in [5.41, 5.74) is 0.752. The Kier molecular flexibility index (Phi) is 3.39. The Hall–Kier alpha value is -1.18. The molecule has 0 bridgehead atoms. The molecular formula is C9H6ClNO2S. The van der Waals surface area contributed by atoms with Crippen molar-refractivity contribution in [2.45, 2.75) is 11.3 Å². The molecule has 1 rings (SSSR count). The molecule has 0 aliphatic heterocycles. The van der Waals surface area contributed by atoms with E-state index in [9.17, 15) is 4.79 Å². The first-order chi connectivity index (χ1) is 6.54. The second kappa shape index (κ2) is 4.36. The minimum Gasteiger partial charge on any atom is -0.481 e. The number of carboxylic acids is 1. The van der Waals surface area contributed by atoms with Gasteiger partial charge in [-0.1, -0.05) is 11.6 Å². The monoisotopic (exact) mass is 227 g/mol. The van der Waals surface area contributed by atoms with Gasteiger partial charge in [0.05, 0.1) is 17.0 Å². The van der Waals surface area contributed by atoms with Gasteiger partial charge in [-0.15, -0.1) is 12.6 Å². The molecule has 1 aromatic rings. The zero-order valence-electron chi connectivity index (χ0n) is 6.99. The Labute approximate surface area is 91.3 Å².